The summed E-state index contributed by atoms with van der Waals surface area (Å²) in [5, 5.41) is 3.21. The van der Waals surface area contributed by atoms with Crippen molar-refractivity contribution in [2.24, 2.45) is 0 Å². The van der Waals surface area contributed by atoms with Gasteiger partial charge in [0.2, 0.25) is 0 Å². The third kappa shape index (κ3) is 8.88. The molecule has 0 fully saturated rings. The highest BCUT2D eigenvalue weighted by molar-refractivity contribution is 6.12. The third-order valence-corrected chi connectivity index (χ3v) is 5.79. The summed E-state index contributed by atoms with van der Waals surface area (Å²) < 4.78 is 16.1. The minimum absolute atomic E-state index is 0.138. The summed E-state index contributed by atoms with van der Waals surface area (Å²) >= 11 is 0. The Morgan fingerprint density at radius 3 is 2.18 bits per heavy atom. The van der Waals surface area contributed by atoms with Crippen LogP contribution < -0.4 is 10.1 Å². The molecule has 3 aromatic rings. The predicted octanol–water partition coefficient (Wildman–Crippen LogP) is 5.36. The lowest BCUT2D eigenvalue weighted by atomic mass is 10.00. The van der Waals surface area contributed by atoms with E-state index < -0.39 is 23.7 Å². The number of ether oxygens (including phenoxy) is 3. The maximum absolute atomic E-state index is 13.1. The van der Waals surface area contributed by atoms with Gasteiger partial charge in [-0.3, -0.25) is 4.79 Å². The second-order valence-electron chi connectivity index (χ2n) is 10.1. The summed E-state index contributed by atoms with van der Waals surface area (Å²) in [5.74, 6) is 0.0568. The van der Waals surface area contributed by atoms with Gasteiger partial charge in [0.05, 0.1) is 13.7 Å². The second kappa shape index (κ2) is 13.5. The number of hydrogen-bond acceptors (Lipinski definition) is 7. The summed E-state index contributed by atoms with van der Waals surface area (Å²) in [4.78, 5) is 39.3. The molecule has 3 aromatic carbocycles. The molecule has 0 aliphatic rings. The number of rotatable bonds is 11. The van der Waals surface area contributed by atoms with Crippen molar-refractivity contribution in [1.82, 2.24) is 4.90 Å². The van der Waals surface area contributed by atoms with E-state index in [-0.39, 0.29) is 5.78 Å². The minimum atomic E-state index is -0.714. The molecular weight excluding hydrogens is 496 g/mol. The Hall–Kier alpha value is -4.33. The molecule has 0 aliphatic heterocycles. The number of methoxy groups -OCH3 is 1. The summed E-state index contributed by atoms with van der Waals surface area (Å²) in [5.41, 5.74) is 1.91. The van der Waals surface area contributed by atoms with Gasteiger partial charge >= 0.3 is 12.1 Å². The van der Waals surface area contributed by atoms with Crippen molar-refractivity contribution in [3.8, 4) is 5.75 Å². The SMILES string of the molecule is COC(=O)[C@H](Cc1ccc(OCCN(C)C(=O)OC(C)(C)C)cc1)Nc1ccccc1C(=O)c1ccccc1. The van der Waals surface area contributed by atoms with Crippen LogP contribution in [0.4, 0.5) is 10.5 Å². The number of carbonyl (C=O) groups is 3. The van der Waals surface area contributed by atoms with Crippen molar-refractivity contribution >= 4 is 23.5 Å². The summed E-state index contributed by atoms with van der Waals surface area (Å²) in [7, 11) is 3.00. The molecule has 0 spiro atoms. The second-order valence-corrected chi connectivity index (χ2v) is 10.1. The lowest BCUT2D eigenvalue weighted by Crippen LogP contribution is -2.36. The number of benzene rings is 3. The Morgan fingerprint density at radius 2 is 1.54 bits per heavy atom. The molecular formula is C31H36N2O6. The quantitative estimate of drug-likeness (QED) is 0.262. The van der Waals surface area contributed by atoms with Gasteiger partial charge < -0.3 is 24.4 Å². The standard InChI is InChI=1S/C31H36N2O6/c1-31(2,3)39-30(36)33(4)19-20-38-24-17-15-22(16-18-24)21-27(29(35)37-5)32-26-14-10-9-13-25(26)28(34)23-11-7-6-8-12-23/h6-18,27,32H,19-21H2,1-5H3/t27-/m0/s1. The first-order valence-corrected chi connectivity index (χ1v) is 12.8. The highest BCUT2D eigenvalue weighted by Crippen LogP contribution is 2.22. The molecule has 0 saturated heterocycles. The number of amides is 1. The first kappa shape index (κ1) is 29.2. The van der Waals surface area contributed by atoms with Crippen LogP contribution in [0.2, 0.25) is 0 Å². The highest BCUT2D eigenvalue weighted by atomic mass is 16.6. The number of hydrogen-bond donors (Lipinski definition) is 1. The van der Waals surface area contributed by atoms with E-state index in [0.717, 1.165) is 5.56 Å². The van der Waals surface area contributed by atoms with Crippen molar-refractivity contribution in [3.05, 3.63) is 95.6 Å². The largest absolute Gasteiger partial charge is 0.492 e. The number of nitrogens with zero attached hydrogens (tertiary/aromatic N) is 1. The molecule has 1 N–H and O–H groups in total. The molecule has 0 saturated carbocycles. The van der Waals surface area contributed by atoms with E-state index in [2.05, 4.69) is 5.32 Å². The van der Waals surface area contributed by atoms with Crippen molar-refractivity contribution in [2.75, 3.05) is 32.6 Å². The van der Waals surface area contributed by atoms with Gasteiger partial charge in [0, 0.05) is 30.3 Å². The Bertz CT molecular complexity index is 1250. The van der Waals surface area contributed by atoms with Gasteiger partial charge in [0.15, 0.2) is 5.78 Å². The Labute approximate surface area is 229 Å². The zero-order valence-corrected chi connectivity index (χ0v) is 23.1. The topological polar surface area (TPSA) is 94.2 Å². The summed E-state index contributed by atoms with van der Waals surface area (Å²) in [6.07, 6.45) is -0.0720. The van der Waals surface area contributed by atoms with Crippen molar-refractivity contribution in [3.63, 3.8) is 0 Å². The fraction of sp³-hybridized carbons (Fsp3) is 0.323. The summed E-state index contributed by atoms with van der Waals surface area (Å²) in [6.45, 7) is 6.13. The van der Waals surface area contributed by atoms with E-state index in [9.17, 15) is 14.4 Å². The maximum Gasteiger partial charge on any atom is 0.410 e. The van der Waals surface area contributed by atoms with Crippen LogP contribution >= 0.6 is 0 Å². The van der Waals surface area contributed by atoms with Gasteiger partial charge in [-0.05, 0) is 50.6 Å². The van der Waals surface area contributed by atoms with E-state index >= 15 is 0 Å². The van der Waals surface area contributed by atoms with Gasteiger partial charge in [-0.1, -0.05) is 54.6 Å². The first-order chi connectivity index (χ1) is 18.6. The number of likely N-dealkylation sites (N-methyl/N-ethyl adjacent to an activating group) is 1. The minimum Gasteiger partial charge on any atom is -0.492 e. The van der Waals surface area contributed by atoms with Gasteiger partial charge in [0.25, 0.3) is 0 Å². The zero-order chi connectivity index (χ0) is 28.4. The molecule has 0 bridgehead atoms. The molecule has 39 heavy (non-hydrogen) atoms. The number of anilines is 1. The van der Waals surface area contributed by atoms with Crippen molar-refractivity contribution < 1.29 is 28.6 Å². The number of para-hydroxylation sites is 1. The molecule has 0 aliphatic carbocycles. The van der Waals surface area contributed by atoms with Gasteiger partial charge in [-0.2, -0.15) is 0 Å². The van der Waals surface area contributed by atoms with E-state index in [1.54, 1.807) is 37.4 Å². The fourth-order valence-corrected chi connectivity index (χ4v) is 3.76. The van der Waals surface area contributed by atoms with Crippen LogP contribution in [0.25, 0.3) is 0 Å². The molecule has 0 heterocycles. The molecule has 0 aromatic heterocycles. The molecule has 0 unspecified atom stereocenters. The number of nitrogens with one attached hydrogen (secondary N) is 1. The van der Waals surface area contributed by atoms with Crippen molar-refractivity contribution in [1.29, 1.82) is 0 Å². The van der Waals surface area contributed by atoms with E-state index in [4.69, 9.17) is 14.2 Å². The number of esters is 1. The molecule has 8 heteroatoms. The molecule has 206 valence electrons. The van der Waals surface area contributed by atoms with Crippen LogP contribution in [-0.4, -0.2) is 61.7 Å². The zero-order valence-electron chi connectivity index (χ0n) is 23.1. The molecule has 0 radical (unpaired) electrons. The number of ketones is 1. The fourth-order valence-electron chi connectivity index (χ4n) is 3.76. The van der Waals surface area contributed by atoms with Crippen LogP contribution in [0.5, 0.6) is 5.75 Å². The molecule has 1 amide bonds. The average molecular weight is 533 g/mol. The van der Waals surface area contributed by atoms with Crippen LogP contribution in [0.3, 0.4) is 0 Å². The van der Waals surface area contributed by atoms with Gasteiger partial charge in [-0.25, -0.2) is 9.59 Å². The van der Waals surface area contributed by atoms with Crippen LogP contribution in [0, 0.1) is 0 Å². The van der Waals surface area contributed by atoms with E-state index in [1.165, 1.54) is 12.0 Å². The van der Waals surface area contributed by atoms with Gasteiger partial charge in [0.1, 0.15) is 24.0 Å². The average Bonchev–Trinajstić information content (AvgIpc) is 2.92. The third-order valence-electron chi connectivity index (χ3n) is 5.79. The van der Waals surface area contributed by atoms with Crippen LogP contribution in [-0.2, 0) is 20.7 Å². The monoisotopic (exact) mass is 532 g/mol. The Balaban J connectivity index is 1.63. The van der Waals surface area contributed by atoms with Crippen molar-refractivity contribution in [2.45, 2.75) is 38.8 Å². The Morgan fingerprint density at radius 1 is 0.897 bits per heavy atom. The smallest absolute Gasteiger partial charge is 0.410 e. The molecule has 3 rings (SSSR count). The number of carbonyl (C=O) groups excluding carboxylic acids is 3. The first-order valence-electron chi connectivity index (χ1n) is 12.8. The molecule has 1 atom stereocenters. The normalized spacial score (nSPS) is 11.7. The lowest BCUT2D eigenvalue weighted by Gasteiger charge is -2.24. The Kier molecular flexibility index (Phi) is 10.1. The highest BCUT2D eigenvalue weighted by Gasteiger charge is 2.23. The maximum atomic E-state index is 13.1. The molecule has 8 nitrogen and oxygen atoms in total. The van der Waals surface area contributed by atoms with Gasteiger partial charge in [-0.15, -0.1) is 0 Å². The predicted molar refractivity (Wildman–Crippen MR) is 150 cm³/mol. The van der Waals surface area contributed by atoms with Crippen LogP contribution in [0.1, 0.15) is 42.3 Å². The van der Waals surface area contributed by atoms with Crippen LogP contribution in [0.15, 0.2) is 78.9 Å². The summed E-state index contributed by atoms with van der Waals surface area (Å²) in [6, 6.07) is 22.7. The van der Waals surface area contributed by atoms with E-state index in [1.807, 2.05) is 69.3 Å². The van der Waals surface area contributed by atoms with E-state index in [0.29, 0.717) is 42.1 Å². The lowest BCUT2D eigenvalue weighted by molar-refractivity contribution is -0.141.